The number of amides is 2. The lowest BCUT2D eigenvalue weighted by Crippen LogP contribution is -2.43. The highest BCUT2D eigenvalue weighted by atomic mass is 79.9. The van der Waals surface area contributed by atoms with E-state index in [2.05, 4.69) is 36.5 Å². The molecule has 1 fully saturated rings. The summed E-state index contributed by atoms with van der Waals surface area (Å²) < 4.78 is 13.2. The van der Waals surface area contributed by atoms with Crippen molar-refractivity contribution in [1.82, 2.24) is 19.9 Å². The first-order chi connectivity index (χ1) is 24.4. The number of anilines is 2. The zero-order valence-electron chi connectivity index (χ0n) is 28.3. The SMILES string of the molecule is CC(C)(Cn1cc(CN(CC2CCN(C(=O)Nc3ccccc3)CC2)c2cccc(-c3sc(C(=O)O)c(OCC(=O)O)c3Br)c2)nn1)OCCO. The lowest BCUT2D eigenvalue weighted by molar-refractivity contribution is -0.139. The molecule has 2 aromatic carbocycles. The average molecular weight is 786 g/mol. The molecule has 1 aliphatic heterocycles. The number of carbonyl (C=O) groups excluding carboxylic acids is 1. The zero-order valence-corrected chi connectivity index (χ0v) is 30.7. The number of likely N-dealkylation sites (tertiary alicyclic amines) is 1. The van der Waals surface area contributed by atoms with E-state index in [9.17, 15) is 24.6 Å². The molecule has 51 heavy (non-hydrogen) atoms. The Hall–Kier alpha value is -4.51. The van der Waals surface area contributed by atoms with Gasteiger partial charge in [0, 0.05) is 31.0 Å². The number of nitrogens with one attached hydrogen (secondary N) is 1. The summed E-state index contributed by atoms with van der Waals surface area (Å²) in [5.41, 5.74) is 2.50. The van der Waals surface area contributed by atoms with Crippen LogP contribution in [0.15, 0.2) is 65.3 Å². The largest absolute Gasteiger partial charge is 0.479 e. The minimum absolute atomic E-state index is 0.0299. The fourth-order valence-corrected chi connectivity index (χ4v) is 7.77. The zero-order chi connectivity index (χ0) is 36.5. The fourth-order valence-electron chi connectivity index (χ4n) is 5.89. The Morgan fingerprint density at radius 2 is 1.84 bits per heavy atom. The first kappa shape index (κ1) is 37.7. The molecule has 1 saturated heterocycles. The van der Waals surface area contributed by atoms with Crippen LogP contribution in [0.3, 0.4) is 0 Å². The molecule has 3 heterocycles. The number of hydrogen-bond acceptors (Lipinski definition) is 10. The number of aliphatic hydroxyl groups is 1. The third kappa shape index (κ3) is 10.3. The van der Waals surface area contributed by atoms with Gasteiger partial charge in [0.25, 0.3) is 0 Å². The summed E-state index contributed by atoms with van der Waals surface area (Å²) in [6, 6.07) is 16.9. The van der Waals surface area contributed by atoms with Crippen LogP contribution in [0.2, 0.25) is 0 Å². The molecule has 14 nitrogen and oxygen atoms in total. The minimum atomic E-state index is -1.22. The van der Waals surface area contributed by atoms with Gasteiger partial charge in [0.1, 0.15) is 5.69 Å². The number of aromatic carboxylic acids is 1. The number of aliphatic hydroxyl groups excluding tert-OH is 1. The van der Waals surface area contributed by atoms with E-state index in [-0.39, 0.29) is 35.8 Å². The second-order valence-corrected chi connectivity index (χ2v) is 14.6. The van der Waals surface area contributed by atoms with Crippen LogP contribution < -0.4 is 15.0 Å². The third-order valence-electron chi connectivity index (χ3n) is 8.29. The number of urea groups is 1. The van der Waals surface area contributed by atoms with Crippen LogP contribution >= 0.6 is 27.3 Å². The number of benzene rings is 2. The average Bonchev–Trinajstić information content (AvgIpc) is 3.69. The monoisotopic (exact) mass is 784 g/mol. The minimum Gasteiger partial charge on any atom is -0.479 e. The fraction of sp³-hybridized carbons (Fsp3) is 0.400. The molecule has 0 radical (unpaired) electrons. The molecule has 0 aliphatic carbocycles. The molecule has 0 unspecified atom stereocenters. The maximum Gasteiger partial charge on any atom is 0.349 e. The van der Waals surface area contributed by atoms with Gasteiger partial charge in [-0.05, 0) is 78.4 Å². The first-order valence-corrected chi connectivity index (χ1v) is 18.0. The highest BCUT2D eigenvalue weighted by molar-refractivity contribution is 9.10. The van der Waals surface area contributed by atoms with Gasteiger partial charge in [0.05, 0.1) is 47.5 Å². The number of aliphatic carboxylic acids is 1. The summed E-state index contributed by atoms with van der Waals surface area (Å²) in [4.78, 5) is 40.7. The van der Waals surface area contributed by atoms with E-state index in [4.69, 9.17) is 14.6 Å². The number of hydrogen-bond donors (Lipinski definition) is 4. The van der Waals surface area contributed by atoms with Gasteiger partial charge in [-0.2, -0.15) is 0 Å². The Bertz CT molecular complexity index is 1810. The molecular weight excluding hydrogens is 744 g/mol. The van der Waals surface area contributed by atoms with Crippen LogP contribution in [0.5, 0.6) is 5.75 Å². The van der Waals surface area contributed by atoms with Crippen LogP contribution in [0.1, 0.15) is 42.1 Å². The number of halogens is 1. The van der Waals surface area contributed by atoms with Crippen molar-refractivity contribution in [2.45, 2.75) is 45.4 Å². The van der Waals surface area contributed by atoms with Crippen molar-refractivity contribution in [3.8, 4) is 16.2 Å². The number of carbonyl (C=O) groups is 3. The summed E-state index contributed by atoms with van der Waals surface area (Å²) in [5, 5.41) is 39.9. The topological polar surface area (TPSA) is 180 Å². The number of carboxylic acid groups (broad SMARTS) is 2. The van der Waals surface area contributed by atoms with Crippen LogP contribution in [-0.2, 0) is 22.6 Å². The predicted octanol–water partition coefficient (Wildman–Crippen LogP) is 5.67. The number of thiophene rings is 1. The molecule has 0 saturated carbocycles. The third-order valence-corrected chi connectivity index (χ3v) is 10.5. The van der Waals surface area contributed by atoms with E-state index >= 15 is 0 Å². The second kappa shape index (κ2) is 17.1. The van der Waals surface area contributed by atoms with Crippen molar-refractivity contribution in [2.75, 3.05) is 49.7 Å². The van der Waals surface area contributed by atoms with E-state index in [1.807, 2.05) is 79.5 Å². The summed E-state index contributed by atoms with van der Waals surface area (Å²) in [5.74, 6) is -2.21. The van der Waals surface area contributed by atoms with Crippen LogP contribution in [-0.4, -0.2) is 98.2 Å². The number of nitrogens with zero attached hydrogens (tertiary/aromatic N) is 5. The van der Waals surface area contributed by atoms with Gasteiger partial charge in [-0.25, -0.2) is 19.1 Å². The Kier molecular flexibility index (Phi) is 12.7. The summed E-state index contributed by atoms with van der Waals surface area (Å²) in [7, 11) is 0. The van der Waals surface area contributed by atoms with E-state index in [1.54, 1.807) is 4.68 Å². The van der Waals surface area contributed by atoms with Gasteiger partial charge in [0.15, 0.2) is 17.2 Å². The molecule has 0 spiro atoms. The molecule has 2 aromatic heterocycles. The number of aromatic nitrogens is 3. The normalized spacial score (nSPS) is 13.6. The number of carboxylic acids is 2. The van der Waals surface area contributed by atoms with Gasteiger partial charge >= 0.3 is 18.0 Å². The first-order valence-electron chi connectivity index (χ1n) is 16.4. The van der Waals surface area contributed by atoms with Crippen LogP contribution in [0.25, 0.3) is 10.4 Å². The van der Waals surface area contributed by atoms with Crippen molar-refractivity contribution < 1.29 is 39.2 Å². The predicted molar refractivity (Wildman–Crippen MR) is 195 cm³/mol. The van der Waals surface area contributed by atoms with Gasteiger partial charge < -0.3 is 39.9 Å². The summed E-state index contributed by atoms with van der Waals surface area (Å²) >= 11 is 4.46. The van der Waals surface area contributed by atoms with Crippen molar-refractivity contribution in [3.63, 3.8) is 0 Å². The number of ether oxygens (including phenoxy) is 2. The Morgan fingerprint density at radius 1 is 1.10 bits per heavy atom. The maximum absolute atomic E-state index is 12.9. The molecule has 272 valence electrons. The van der Waals surface area contributed by atoms with Gasteiger partial charge in [0.2, 0.25) is 0 Å². The molecule has 16 heteroatoms. The standard InChI is InChI=1S/C35H41BrN6O8S/c1-35(2,50-16-15-43)22-42-20-26(38-39-42)19-41(18-23-11-13-40(14-12-23)34(48)37-25-8-4-3-5-9-25)27-10-6-7-24(17-27)31-29(36)30(49-21-28(44)45)32(51-31)33(46)47/h3-10,17,20,23,43H,11-16,18-19,21-22H2,1-2H3,(H,37,48)(H,44,45)(H,46,47). The van der Waals surface area contributed by atoms with Crippen molar-refractivity contribution in [2.24, 2.45) is 5.92 Å². The van der Waals surface area contributed by atoms with Gasteiger partial charge in [-0.15, -0.1) is 16.4 Å². The highest BCUT2D eigenvalue weighted by Crippen LogP contribution is 2.46. The number of piperidine rings is 1. The molecule has 5 rings (SSSR count). The van der Waals surface area contributed by atoms with E-state index < -0.39 is 24.1 Å². The van der Waals surface area contributed by atoms with Crippen molar-refractivity contribution in [3.05, 3.63) is 75.8 Å². The van der Waals surface area contributed by atoms with Gasteiger partial charge in [-0.3, -0.25) is 0 Å². The molecule has 4 aromatic rings. The molecule has 1 aliphatic rings. The van der Waals surface area contributed by atoms with Crippen LogP contribution in [0, 0.1) is 5.92 Å². The lowest BCUT2D eigenvalue weighted by atomic mass is 9.96. The molecular formula is C35H41BrN6O8S. The summed E-state index contributed by atoms with van der Waals surface area (Å²) in [6.07, 6.45) is 3.47. The van der Waals surface area contributed by atoms with Crippen molar-refractivity contribution in [1.29, 1.82) is 0 Å². The van der Waals surface area contributed by atoms with Crippen molar-refractivity contribution >= 4 is 56.6 Å². The number of para-hydroxylation sites is 1. The van der Waals surface area contributed by atoms with Gasteiger partial charge in [-0.1, -0.05) is 35.5 Å². The highest BCUT2D eigenvalue weighted by Gasteiger charge is 2.28. The smallest absolute Gasteiger partial charge is 0.349 e. The van der Waals surface area contributed by atoms with E-state index in [0.717, 1.165) is 46.8 Å². The Morgan fingerprint density at radius 3 is 2.53 bits per heavy atom. The Balaban J connectivity index is 1.37. The number of rotatable bonds is 16. The van der Waals surface area contributed by atoms with E-state index in [1.165, 1.54) is 0 Å². The van der Waals surface area contributed by atoms with E-state index in [0.29, 0.717) is 42.1 Å². The van der Waals surface area contributed by atoms with Crippen LogP contribution in [0.4, 0.5) is 16.2 Å². The quantitative estimate of drug-likeness (QED) is 0.110. The molecule has 4 N–H and O–H groups in total. The molecule has 2 amide bonds. The second-order valence-electron chi connectivity index (χ2n) is 12.8. The summed E-state index contributed by atoms with van der Waals surface area (Å²) in [6.45, 7) is 6.04. The molecule has 0 atom stereocenters. The lowest BCUT2D eigenvalue weighted by Gasteiger charge is -2.35. The Labute approximate surface area is 307 Å². The molecule has 0 bridgehead atoms. The maximum atomic E-state index is 12.9.